The van der Waals surface area contributed by atoms with E-state index in [1.165, 1.54) is 59.0 Å². The molecule has 0 aliphatic carbocycles. The Kier molecular flexibility index (Phi) is 5.65. The van der Waals surface area contributed by atoms with Crippen molar-refractivity contribution < 1.29 is 14.1 Å². The van der Waals surface area contributed by atoms with E-state index in [2.05, 4.69) is 4.98 Å². The molecule has 2 aromatic heterocycles. The first-order valence-electron chi connectivity index (χ1n) is 9.59. The van der Waals surface area contributed by atoms with Gasteiger partial charge in [0.25, 0.3) is 11.2 Å². The summed E-state index contributed by atoms with van der Waals surface area (Å²) in [5.74, 6) is -0.548. The van der Waals surface area contributed by atoms with E-state index in [9.17, 15) is 24.1 Å². The third-order valence-electron chi connectivity index (χ3n) is 4.96. The molecule has 0 radical (unpaired) electrons. The summed E-state index contributed by atoms with van der Waals surface area (Å²) >= 11 is 0. The molecule has 4 aromatic rings. The zero-order valence-electron chi connectivity index (χ0n) is 17.0. The monoisotopic (exact) mass is 439 g/mol. The first kappa shape index (κ1) is 21.1. The first-order chi connectivity index (χ1) is 15.4. The highest BCUT2D eigenvalue weighted by Crippen LogP contribution is 2.18. The number of non-ortho nitro benzene ring substituents is 1. The van der Waals surface area contributed by atoms with E-state index >= 15 is 0 Å². The Balaban J connectivity index is 1.95. The summed E-state index contributed by atoms with van der Waals surface area (Å²) in [6.45, 7) is 0.212. The smallest absolute Gasteiger partial charge is 0.337 e. The van der Waals surface area contributed by atoms with Crippen LogP contribution in [0, 0.1) is 15.9 Å². The van der Waals surface area contributed by atoms with Crippen LogP contribution in [0.1, 0.15) is 5.56 Å². The average molecular weight is 439 g/mol. The molecule has 11 heteroatoms. The summed E-state index contributed by atoms with van der Waals surface area (Å²) < 4.78 is 22.6. The lowest BCUT2D eigenvalue weighted by Crippen LogP contribution is -2.41. The Bertz CT molecular complexity index is 1440. The van der Waals surface area contributed by atoms with Crippen LogP contribution in [0.3, 0.4) is 0 Å². The van der Waals surface area contributed by atoms with Gasteiger partial charge in [-0.3, -0.25) is 19.5 Å². The Morgan fingerprint density at radius 2 is 1.94 bits per heavy atom. The topological polar surface area (TPSA) is 114 Å². The Labute approximate surface area is 179 Å². The van der Waals surface area contributed by atoms with Gasteiger partial charge < -0.3 is 9.30 Å². The molecule has 32 heavy (non-hydrogen) atoms. The van der Waals surface area contributed by atoms with Gasteiger partial charge in [-0.15, -0.1) is 0 Å². The molecule has 164 valence electrons. The molecular formula is C21H18FN5O5. The summed E-state index contributed by atoms with van der Waals surface area (Å²) in [7, 11) is 1.45. The summed E-state index contributed by atoms with van der Waals surface area (Å²) in [6, 6.07) is 11.4. The van der Waals surface area contributed by atoms with Crippen molar-refractivity contribution >= 4 is 16.9 Å². The van der Waals surface area contributed by atoms with Crippen molar-refractivity contribution in [3.05, 3.63) is 97.2 Å². The van der Waals surface area contributed by atoms with Crippen molar-refractivity contribution in [3.8, 4) is 5.69 Å². The Morgan fingerprint density at radius 1 is 1.16 bits per heavy atom. The van der Waals surface area contributed by atoms with Crippen LogP contribution in [-0.2, 0) is 17.8 Å². The quantitative estimate of drug-likeness (QED) is 0.322. The van der Waals surface area contributed by atoms with Crippen molar-refractivity contribution in [2.75, 3.05) is 13.7 Å². The van der Waals surface area contributed by atoms with Gasteiger partial charge in [-0.05, 0) is 23.8 Å². The second-order valence-electron chi connectivity index (χ2n) is 7.02. The molecule has 2 aromatic carbocycles. The van der Waals surface area contributed by atoms with Crippen LogP contribution in [0.4, 0.5) is 10.1 Å². The second kappa shape index (κ2) is 8.55. The molecule has 0 saturated carbocycles. The van der Waals surface area contributed by atoms with E-state index in [4.69, 9.17) is 4.74 Å². The fraction of sp³-hybridized carbons (Fsp3) is 0.190. The molecule has 0 amide bonds. The fourth-order valence-electron chi connectivity index (χ4n) is 3.49. The minimum absolute atomic E-state index is 0.0125. The second-order valence-corrected chi connectivity index (χ2v) is 7.02. The number of halogens is 1. The van der Waals surface area contributed by atoms with Gasteiger partial charge in [-0.2, -0.15) is 0 Å². The number of imidazole rings is 1. The fourth-order valence-corrected chi connectivity index (χ4v) is 3.49. The predicted molar refractivity (Wildman–Crippen MR) is 114 cm³/mol. The molecule has 2 heterocycles. The van der Waals surface area contributed by atoms with E-state index in [1.807, 2.05) is 0 Å². The lowest BCUT2D eigenvalue weighted by Gasteiger charge is -2.12. The van der Waals surface area contributed by atoms with Crippen LogP contribution in [0.5, 0.6) is 0 Å². The van der Waals surface area contributed by atoms with Crippen molar-refractivity contribution in [2.45, 2.75) is 13.1 Å². The number of rotatable bonds is 7. The molecular weight excluding hydrogens is 421 g/mol. The molecule has 0 unspecified atom stereocenters. The molecule has 4 rings (SSSR count). The van der Waals surface area contributed by atoms with E-state index in [0.717, 1.165) is 4.57 Å². The number of nitro benzene ring substituents is 1. The van der Waals surface area contributed by atoms with Crippen molar-refractivity contribution in [1.82, 2.24) is 18.7 Å². The zero-order chi connectivity index (χ0) is 22.8. The number of hydrogen-bond acceptors (Lipinski definition) is 6. The van der Waals surface area contributed by atoms with Crippen LogP contribution < -0.4 is 11.2 Å². The summed E-state index contributed by atoms with van der Waals surface area (Å²) in [5.41, 5.74) is -0.387. The van der Waals surface area contributed by atoms with E-state index < -0.39 is 22.0 Å². The molecule has 0 bridgehead atoms. The van der Waals surface area contributed by atoms with Crippen LogP contribution >= 0.6 is 0 Å². The number of benzene rings is 2. The van der Waals surface area contributed by atoms with Gasteiger partial charge in [0.1, 0.15) is 5.82 Å². The number of ether oxygens (including phenoxy) is 1. The lowest BCUT2D eigenvalue weighted by atomic mass is 10.2. The van der Waals surface area contributed by atoms with Gasteiger partial charge in [0, 0.05) is 25.8 Å². The van der Waals surface area contributed by atoms with Gasteiger partial charge in [-0.1, -0.05) is 18.2 Å². The third kappa shape index (κ3) is 3.81. The highest BCUT2D eigenvalue weighted by Gasteiger charge is 2.20. The normalized spacial score (nSPS) is 11.2. The van der Waals surface area contributed by atoms with Crippen LogP contribution in [-0.4, -0.2) is 37.3 Å². The van der Waals surface area contributed by atoms with Gasteiger partial charge in [-0.25, -0.2) is 18.7 Å². The molecule has 0 aliphatic rings. The first-order valence-corrected chi connectivity index (χ1v) is 9.59. The predicted octanol–water partition coefficient (Wildman–Crippen LogP) is 2.09. The number of aromatic nitrogens is 4. The molecule has 0 atom stereocenters. The average Bonchev–Trinajstić information content (AvgIpc) is 3.17. The van der Waals surface area contributed by atoms with Gasteiger partial charge in [0.05, 0.1) is 30.1 Å². The summed E-state index contributed by atoms with van der Waals surface area (Å²) in [5, 5.41) is 11.1. The highest BCUT2D eigenvalue weighted by molar-refractivity contribution is 5.72. The van der Waals surface area contributed by atoms with Crippen molar-refractivity contribution in [3.63, 3.8) is 0 Å². The number of nitrogens with zero attached hydrogens (tertiary/aromatic N) is 5. The SMILES string of the molecule is COCCn1c(=O)c2c(ncn2Cc2cccc([N+](=O)[O-])c2)n(-c2cccc(F)c2)c1=O. The van der Waals surface area contributed by atoms with Crippen LogP contribution in [0.25, 0.3) is 16.9 Å². The lowest BCUT2D eigenvalue weighted by molar-refractivity contribution is -0.384. The van der Waals surface area contributed by atoms with E-state index in [0.29, 0.717) is 5.56 Å². The minimum atomic E-state index is -0.675. The van der Waals surface area contributed by atoms with Crippen LogP contribution in [0.15, 0.2) is 64.4 Å². The van der Waals surface area contributed by atoms with Gasteiger partial charge in [0.2, 0.25) is 0 Å². The van der Waals surface area contributed by atoms with E-state index in [-0.39, 0.29) is 42.2 Å². The molecule has 0 spiro atoms. The number of nitro groups is 1. The standard InChI is InChI=1S/C21H18FN5O5/c1-32-9-8-25-20(28)18-19(26(21(25)29)16-6-3-5-15(22)11-16)23-13-24(18)12-14-4-2-7-17(10-14)27(30)31/h2-7,10-11,13H,8-9,12H2,1H3. The van der Waals surface area contributed by atoms with E-state index in [1.54, 1.807) is 12.1 Å². The third-order valence-corrected chi connectivity index (χ3v) is 4.96. The molecule has 0 saturated heterocycles. The summed E-state index contributed by atoms with van der Waals surface area (Å²) in [6.07, 6.45) is 1.38. The summed E-state index contributed by atoms with van der Waals surface area (Å²) in [4.78, 5) is 41.2. The zero-order valence-corrected chi connectivity index (χ0v) is 17.0. The van der Waals surface area contributed by atoms with Gasteiger partial charge in [0.15, 0.2) is 11.2 Å². The van der Waals surface area contributed by atoms with Gasteiger partial charge >= 0.3 is 5.69 Å². The number of hydrogen-bond donors (Lipinski definition) is 0. The molecule has 10 nitrogen and oxygen atoms in total. The highest BCUT2D eigenvalue weighted by atomic mass is 19.1. The van der Waals surface area contributed by atoms with Crippen molar-refractivity contribution in [1.29, 1.82) is 0 Å². The maximum atomic E-state index is 13.9. The number of methoxy groups -OCH3 is 1. The molecule has 0 aliphatic heterocycles. The Hall–Kier alpha value is -4.12. The molecule has 0 fully saturated rings. The minimum Gasteiger partial charge on any atom is -0.383 e. The molecule has 0 N–H and O–H groups in total. The van der Waals surface area contributed by atoms with Crippen molar-refractivity contribution in [2.24, 2.45) is 0 Å². The number of fused-ring (bicyclic) bond motifs is 1. The Morgan fingerprint density at radius 3 is 2.66 bits per heavy atom. The maximum Gasteiger partial charge on any atom is 0.337 e. The largest absolute Gasteiger partial charge is 0.383 e. The maximum absolute atomic E-state index is 13.9. The van der Waals surface area contributed by atoms with Crippen LogP contribution in [0.2, 0.25) is 0 Å².